The van der Waals surface area contributed by atoms with Crippen LogP contribution in [0.1, 0.15) is 33.3 Å². The van der Waals surface area contributed by atoms with Gasteiger partial charge in [0.25, 0.3) is 0 Å². The Morgan fingerprint density at radius 1 is 1.25 bits per heavy atom. The summed E-state index contributed by atoms with van der Waals surface area (Å²) < 4.78 is 35.5. The summed E-state index contributed by atoms with van der Waals surface area (Å²) in [5, 5.41) is 6.50. The van der Waals surface area contributed by atoms with Crippen LogP contribution >= 0.6 is 0 Å². The van der Waals surface area contributed by atoms with Gasteiger partial charge in [0.2, 0.25) is 0 Å². The third kappa shape index (κ3) is 6.60. The molecule has 6 nitrogen and oxygen atoms in total. The van der Waals surface area contributed by atoms with Crippen LogP contribution in [0.3, 0.4) is 0 Å². The highest BCUT2D eigenvalue weighted by atomic mass is 19.3. The van der Waals surface area contributed by atoms with Gasteiger partial charge in [-0.2, -0.15) is 8.78 Å². The molecule has 1 aromatic rings. The zero-order valence-electron chi connectivity index (χ0n) is 17.3. The van der Waals surface area contributed by atoms with E-state index in [1.54, 1.807) is 25.2 Å². The van der Waals surface area contributed by atoms with Gasteiger partial charge in [-0.25, -0.2) is 0 Å². The lowest BCUT2D eigenvalue weighted by Crippen LogP contribution is -2.59. The molecule has 2 unspecified atom stereocenters. The molecular weight excluding hydrogens is 366 g/mol. The van der Waals surface area contributed by atoms with Crippen molar-refractivity contribution in [2.24, 2.45) is 4.99 Å². The van der Waals surface area contributed by atoms with Crippen molar-refractivity contribution in [2.45, 2.75) is 58.6 Å². The fourth-order valence-corrected chi connectivity index (χ4v) is 3.34. The van der Waals surface area contributed by atoms with Crippen LogP contribution in [0, 0.1) is 0 Å². The molecule has 0 aliphatic carbocycles. The molecule has 2 N–H and O–H groups in total. The summed E-state index contributed by atoms with van der Waals surface area (Å²) in [6.07, 6.45) is 0.401. The van der Waals surface area contributed by atoms with Gasteiger partial charge < -0.3 is 20.1 Å². The Kier molecular flexibility index (Phi) is 8.00. The van der Waals surface area contributed by atoms with Gasteiger partial charge in [0, 0.05) is 44.3 Å². The van der Waals surface area contributed by atoms with Crippen molar-refractivity contribution < 1.29 is 18.3 Å². The highest BCUT2D eigenvalue weighted by Crippen LogP contribution is 2.21. The number of nitrogens with one attached hydrogen (secondary N) is 2. The van der Waals surface area contributed by atoms with E-state index in [9.17, 15) is 8.78 Å². The lowest BCUT2D eigenvalue weighted by atomic mass is 10.00. The van der Waals surface area contributed by atoms with Crippen LogP contribution in [0.25, 0.3) is 0 Å². The SMILES string of the molecule is CN=C(NCc1ccccc1OC(F)F)NCC(C)(C)N1CC(C)OC(C)C1. The topological polar surface area (TPSA) is 58.1 Å². The Labute approximate surface area is 166 Å². The van der Waals surface area contributed by atoms with Crippen LogP contribution in [0.15, 0.2) is 29.3 Å². The van der Waals surface area contributed by atoms with Crippen LogP contribution in [-0.2, 0) is 11.3 Å². The van der Waals surface area contributed by atoms with Crippen LogP contribution in [0.4, 0.5) is 8.78 Å². The minimum absolute atomic E-state index is 0.0966. The minimum atomic E-state index is -2.85. The first-order chi connectivity index (χ1) is 13.2. The van der Waals surface area contributed by atoms with E-state index in [-0.39, 0.29) is 23.5 Å². The van der Waals surface area contributed by atoms with Gasteiger partial charge in [-0.1, -0.05) is 18.2 Å². The smallest absolute Gasteiger partial charge is 0.387 e. The number of alkyl halides is 2. The van der Waals surface area contributed by atoms with Crippen LogP contribution in [-0.4, -0.2) is 61.9 Å². The summed E-state index contributed by atoms with van der Waals surface area (Å²) in [5.41, 5.74) is 0.543. The fraction of sp³-hybridized carbons (Fsp3) is 0.650. The van der Waals surface area contributed by atoms with Gasteiger partial charge in [-0.15, -0.1) is 0 Å². The minimum Gasteiger partial charge on any atom is -0.434 e. The molecule has 1 saturated heterocycles. The molecule has 0 amide bonds. The number of rotatable bonds is 7. The Morgan fingerprint density at radius 2 is 1.89 bits per heavy atom. The number of benzene rings is 1. The third-order valence-electron chi connectivity index (χ3n) is 4.82. The first kappa shape index (κ1) is 22.4. The number of nitrogens with zero attached hydrogens (tertiary/aromatic N) is 2. The van der Waals surface area contributed by atoms with Gasteiger partial charge in [-0.05, 0) is 33.8 Å². The van der Waals surface area contributed by atoms with Gasteiger partial charge in [-0.3, -0.25) is 9.89 Å². The monoisotopic (exact) mass is 398 g/mol. The highest BCUT2D eigenvalue weighted by molar-refractivity contribution is 5.79. The molecule has 1 fully saturated rings. The van der Waals surface area contributed by atoms with Crippen LogP contribution < -0.4 is 15.4 Å². The molecule has 8 heteroatoms. The van der Waals surface area contributed by atoms with Crippen molar-refractivity contribution in [2.75, 3.05) is 26.7 Å². The third-order valence-corrected chi connectivity index (χ3v) is 4.82. The van der Waals surface area contributed by atoms with Gasteiger partial charge in [0.1, 0.15) is 5.75 Å². The number of halogens is 2. The summed E-state index contributed by atoms with van der Waals surface area (Å²) in [4.78, 5) is 6.65. The fourth-order valence-electron chi connectivity index (χ4n) is 3.34. The average Bonchev–Trinajstić information content (AvgIpc) is 2.61. The number of aliphatic imine (C=N–C) groups is 1. The molecule has 1 heterocycles. The van der Waals surface area contributed by atoms with E-state index in [1.807, 2.05) is 0 Å². The maximum Gasteiger partial charge on any atom is 0.387 e. The predicted octanol–water partition coefficient (Wildman–Crippen LogP) is 2.84. The van der Waals surface area contributed by atoms with E-state index >= 15 is 0 Å². The molecule has 1 aromatic carbocycles. The lowest BCUT2D eigenvalue weighted by molar-refractivity contribution is -0.0946. The van der Waals surface area contributed by atoms with Crippen molar-refractivity contribution in [1.82, 2.24) is 15.5 Å². The average molecular weight is 398 g/mol. The number of para-hydroxylation sites is 1. The number of hydrogen-bond acceptors (Lipinski definition) is 4. The molecule has 0 spiro atoms. The number of guanidine groups is 1. The molecule has 0 aromatic heterocycles. The lowest BCUT2D eigenvalue weighted by Gasteiger charge is -2.45. The van der Waals surface area contributed by atoms with E-state index in [0.717, 1.165) is 13.1 Å². The second-order valence-corrected chi connectivity index (χ2v) is 7.74. The molecule has 0 saturated carbocycles. The second kappa shape index (κ2) is 10.0. The maximum absolute atomic E-state index is 12.6. The van der Waals surface area contributed by atoms with E-state index in [1.165, 1.54) is 6.07 Å². The normalized spacial score (nSPS) is 21.6. The number of ether oxygens (including phenoxy) is 2. The van der Waals surface area contributed by atoms with Crippen molar-refractivity contribution in [3.63, 3.8) is 0 Å². The van der Waals surface area contributed by atoms with Crippen molar-refractivity contribution in [1.29, 1.82) is 0 Å². The molecule has 2 atom stereocenters. The standard InChI is InChI=1S/C20H32F2N4O2/c1-14-11-26(12-15(2)27-14)20(3,4)13-25-19(23-5)24-10-16-8-6-7-9-17(16)28-18(21)22/h6-9,14-15,18H,10-13H2,1-5H3,(H2,23,24,25). The molecule has 1 aliphatic rings. The summed E-state index contributed by atoms with van der Waals surface area (Å²) in [7, 11) is 1.68. The zero-order chi connectivity index (χ0) is 20.7. The Balaban J connectivity index is 1.91. The van der Waals surface area contributed by atoms with Crippen molar-refractivity contribution in [3.05, 3.63) is 29.8 Å². The largest absolute Gasteiger partial charge is 0.434 e. The van der Waals surface area contributed by atoms with E-state index in [4.69, 9.17) is 4.74 Å². The van der Waals surface area contributed by atoms with Crippen molar-refractivity contribution in [3.8, 4) is 5.75 Å². The second-order valence-electron chi connectivity index (χ2n) is 7.74. The first-order valence-electron chi connectivity index (χ1n) is 9.59. The molecule has 1 aliphatic heterocycles. The van der Waals surface area contributed by atoms with Crippen LogP contribution in [0.5, 0.6) is 5.75 Å². The van der Waals surface area contributed by atoms with E-state index < -0.39 is 6.61 Å². The molecular formula is C20H32F2N4O2. The maximum atomic E-state index is 12.6. The molecule has 158 valence electrons. The quantitative estimate of drug-likeness (QED) is 0.546. The van der Waals surface area contributed by atoms with Gasteiger partial charge in [0.15, 0.2) is 5.96 Å². The summed E-state index contributed by atoms with van der Waals surface area (Å²) in [6, 6.07) is 6.73. The van der Waals surface area contributed by atoms with Gasteiger partial charge >= 0.3 is 6.61 Å². The first-order valence-corrected chi connectivity index (χ1v) is 9.59. The van der Waals surface area contributed by atoms with Crippen molar-refractivity contribution >= 4 is 5.96 Å². The molecule has 0 bridgehead atoms. The molecule has 0 radical (unpaired) electrons. The highest BCUT2D eigenvalue weighted by Gasteiger charge is 2.33. The summed E-state index contributed by atoms with van der Waals surface area (Å²) >= 11 is 0. The predicted molar refractivity (Wildman–Crippen MR) is 107 cm³/mol. The summed E-state index contributed by atoms with van der Waals surface area (Å²) in [6.45, 7) is 8.46. The number of hydrogen-bond donors (Lipinski definition) is 2. The van der Waals surface area contributed by atoms with Crippen LogP contribution in [0.2, 0.25) is 0 Å². The Hall–Kier alpha value is -1.93. The summed E-state index contributed by atoms with van der Waals surface area (Å²) in [5.74, 6) is 0.770. The molecule has 2 rings (SSSR count). The number of morpholine rings is 1. The zero-order valence-corrected chi connectivity index (χ0v) is 17.3. The van der Waals surface area contributed by atoms with E-state index in [2.05, 4.69) is 53.0 Å². The molecule has 28 heavy (non-hydrogen) atoms. The van der Waals surface area contributed by atoms with Gasteiger partial charge in [0.05, 0.1) is 12.2 Å². The Bertz CT molecular complexity index is 645. The Morgan fingerprint density at radius 3 is 2.50 bits per heavy atom. The van der Waals surface area contributed by atoms with E-state index in [0.29, 0.717) is 24.6 Å².